The van der Waals surface area contributed by atoms with Crippen molar-refractivity contribution in [1.29, 1.82) is 0 Å². The molecule has 0 radical (unpaired) electrons. The minimum absolute atomic E-state index is 0.0680. The van der Waals surface area contributed by atoms with Crippen molar-refractivity contribution < 1.29 is 18.4 Å². The number of aromatic hydroxyl groups is 1. The van der Waals surface area contributed by atoms with Gasteiger partial charge in [0.15, 0.2) is 0 Å². The molecule has 0 aliphatic rings. The Balaban J connectivity index is 2.28. The fraction of sp³-hybridized carbons (Fsp3) is 0. The first-order chi connectivity index (χ1) is 9.79. The zero-order valence-electron chi connectivity index (χ0n) is 10.6. The van der Waals surface area contributed by atoms with E-state index in [9.17, 15) is 23.6 Å². The number of nitrogens with zero attached hydrogens (tertiary/aromatic N) is 1. The lowest BCUT2D eigenvalue weighted by molar-refractivity contribution is -0.384. The van der Waals surface area contributed by atoms with Crippen LogP contribution in [0.15, 0.2) is 47.4 Å². The van der Waals surface area contributed by atoms with Gasteiger partial charge in [-0.05, 0) is 30.3 Å². The molecule has 0 amide bonds. The van der Waals surface area contributed by atoms with Gasteiger partial charge in [-0.1, -0.05) is 0 Å². The van der Waals surface area contributed by atoms with Crippen LogP contribution in [0.25, 0.3) is 0 Å². The molecule has 0 heterocycles. The number of sulfonamides is 1. The standard InChI is InChI=1S/C12H11N3O5S/c13-11-7-10(5-6-12(11)16)21(19,20)14-8-1-3-9(4-2-8)15(17)18/h1-7,14,16H,13H2. The predicted molar refractivity (Wildman–Crippen MR) is 76.4 cm³/mol. The second-order valence-electron chi connectivity index (χ2n) is 4.13. The van der Waals surface area contributed by atoms with Crippen molar-refractivity contribution in [3.05, 3.63) is 52.6 Å². The SMILES string of the molecule is Nc1cc(S(=O)(=O)Nc2ccc([N+](=O)[O-])cc2)ccc1O. The molecule has 0 atom stereocenters. The van der Waals surface area contributed by atoms with Crippen molar-refractivity contribution in [1.82, 2.24) is 0 Å². The average molecular weight is 309 g/mol. The Bertz CT molecular complexity index is 787. The van der Waals surface area contributed by atoms with Gasteiger partial charge in [0.2, 0.25) is 0 Å². The lowest BCUT2D eigenvalue weighted by Gasteiger charge is -2.09. The fourth-order valence-electron chi connectivity index (χ4n) is 1.57. The third-order valence-corrected chi connectivity index (χ3v) is 4.02. The molecule has 4 N–H and O–H groups in total. The third-order valence-electron chi connectivity index (χ3n) is 2.64. The van der Waals surface area contributed by atoms with E-state index in [1.807, 2.05) is 0 Å². The quantitative estimate of drug-likeness (QED) is 0.340. The molecule has 0 saturated carbocycles. The summed E-state index contributed by atoms with van der Waals surface area (Å²) in [6.07, 6.45) is 0. The molecule has 2 aromatic carbocycles. The second kappa shape index (κ2) is 5.29. The molecule has 8 nitrogen and oxygen atoms in total. The van der Waals surface area contributed by atoms with Gasteiger partial charge in [0.25, 0.3) is 15.7 Å². The van der Waals surface area contributed by atoms with Crippen LogP contribution in [0.5, 0.6) is 5.75 Å². The topological polar surface area (TPSA) is 136 Å². The number of nitrogen functional groups attached to an aromatic ring is 1. The maximum absolute atomic E-state index is 12.1. The molecule has 0 aliphatic carbocycles. The number of hydrogen-bond acceptors (Lipinski definition) is 6. The van der Waals surface area contributed by atoms with Crippen LogP contribution >= 0.6 is 0 Å². The fourth-order valence-corrected chi connectivity index (χ4v) is 2.66. The van der Waals surface area contributed by atoms with Crippen LogP contribution < -0.4 is 10.5 Å². The molecule has 2 rings (SSSR count). The van der Waals surface area contributed by atoms with Crippen LogP contribution in [0.3, 0.4) is 0 Å². The van der Waals surface area contributed by atoms with E-state index in [-0.39, 0.29) is 27.7 Å². The second-order valence-corrected chi connectivity index (χ2v) is 5.81. The molecule has 110 valence electrons. The maximum atomic E-state index is 12.1. The summed E-state index contributed by atoms with van der Waals surface area (Å²) in [5, 5.41) is 19.8. The number of phenols is 1. The van der Waals surface area contributed by atoms with Crippen molar-refractivity contribution >= 4 is 27.1 Å². The monoisotopic (exact) mass is 309 g/mol. The zero-order chi connectivity index (χ0) is 15.6. The first kappa shape index (κ1) is 14.6. The Morgan fingerprint density at radius 2 is 1.76 bits per heavy atom. The summed E-state index contributed by atoms with van der Waals surface area (Å²) in [5.74, 6) is -0.218. The van der Waals surface area contributed by atoms with Gasteiger partial charge in [0.05, 0.1) is 15.5 Å². The van der Waals surface area contributed by atoms with Gasteiger partial charge in [-0.25, -0.2) is 8.42 Å². The number of phenolic OH excluding ortho intramolecular Hbond substituents is 1. The van der Waals surface area contributed by atoms with Crippen LogP contribution in [0.1, 0.15) is 0 Å². The van der Waals surface area contributed by atoms with Gasteiger partial charge < -0.3 is 10.8 Å². The Morgan fingerprint density at radius 1 is 1.14 bits per heavy atom. The third kappa shape index (κ3) is 3.20. The number of anilines is 2. The van der Waals surface area contributed by atoms with Crippen molar-refractivity contribution in [2.75, 3.05) is 10.5 Å². The predicted octanol–water partition coefficient (Wildman–Crippen LogP) is 1.68. The summed E-state index contributed by atoms with van der Waals surface area (Å²) in [4.78, 5) is 9.80. The Labute approximate surface area is 120 Å². The van der Waals surface area contributed by atoms with E-state index in [4.69, 9.17) is 5.73 Å². The number of nitro benzene ring substituents is 1. The zero-order valence-corrected chi connectivity index (χ0v) is 11.4. The highest BCUT2D eigenvalue weighted by Gasteiger charge is 2.16. The largest absolute Gasteiger partial charge is 0.506 e. The van der Waals surface area contributed by atoms with E-state index >= 15 is 0 Å². The van der Waals surface area contributed by atoms with Gasteiger partial charge in [-0.3, -0.25) is 14.8 Å². The summed E-state index contributed by atoms with van der Waals surface area (Å²) in [7, 11) is -3.90. The number of nitrogens with one attached hydrogen (secondary N) is 1. The van der Waals surface area contributed by atoms with Crippen molar-refractivity contribution in [2.24, 2.45) is 0 Å². The van der Waals surface area contributed by atoms with E-state index in [0.29, 0.717) is 0 Å². The van der Waals surface area contributed by atoms with E-state index in [2.05, 4.69) is 4.72 Å². The number of nitro groups is 1. The number of rotatable bonds is 4. The van der Waals surface area contributed by atoms with E-state index in [1.165, 1.54) is 36.4 Å². The van der Waals surface area contributed by atoms with Gasteiger partial charge in [-0.15, -0.1) is 0 Å². The smallest absolute Gasteiger partial charge is 0.269 e. The van der Waals surface area contributed by atoms with Gasteiger partial charge >= 0.3 is 0 Å². The summed E-state index contributed by atoms with van der Waals surface area (Å²) in [5.41, 5.74) is 5.41. The van der Waals surface area contributed by atoms with Crippen LogP contribution in [0.2, 0.25) is 0 Å². The van der Waals surface area contributed by atoms with Gasteiger partial charge in [0, 0.05) is 17.8 Å². The molecule has 0 bridgehead atoms. The Hall–Kier alpha value is -2.81. The molecule has 2 aromatic rings. The molecular weight excluding hydrogens is 298 g/mol. The highest BCUT2D eigenvalue weighted by Crippen LogP contribution is 2.25. The Kier molecular flexibility index (Phi) is 3.68. The highest BCUT2D eigenvalue weighted by molar-refractivity contribution is 7.92. The Morgan fingerprint density at radius 3 is 2.29 bits per heavy atom. The summed E-state index contributed by atoms with van der Waals surface area (Å²) < 4.78 is 26.5. The molecule has 0 spiro atoms. The summed E-state index contributed by atoms with van der Waals surface area (Å²) in [6, 6.07) is 8.40. The number of benzene rings is 2. The average Bonchev–Trinajstić information content (AvgIpc) is 2.42. The molecule has 0 aromatic heterocycles. The van der Waals surface area contributed by atoms with E-state index in [0.717, 1.165) is 6.07 Å². The van der Waals surface area contributed by atoms with Crippen LogP contribution in [0, 0.1) is 10.1 Å². The first-order valence-corrected chi connectivity index (χ1v) is 7.14. The van der Waals surface area contributed by atoms with E-state index in [1.54, 1.807) is 0 Å². The van der Waals surface area contributed by atoms with E-state index < -0.39 is 14.9 Å². The summed E-state index contributed by atoms with van der Waals surface area (Å²) in [6.45, 7) is 0. The minimum Gasteiger partial charge on any atom is -0.506 e. The van der Waals surface area contributed by atoms with Crippen LogP contribution in [-0.4, -0.2) is 18.4 Å². The van der Waals surface area contributed by atoms with Crippen LogP contribution in [0.4, 0.5) is 17.1 Å². The minimum atomic E-state index is -3.90. The van der Waals surface area contributed by atoms with Gasteiger partial charge in [-0.2, -0.15) is 0 Å². The van der Waals surface area contributed by atoms with Crippen molar-refractivity contribution in [3.8, 4) is 5.75 Å². The normalized spacial score (nSPS) is 11.0. The summed E-state index contributed by atoms with van der Waals surface area (Å²) >= 11 is 0. The first-order valence-electron chi connectivity index (χ1n) is 5.65. The van der Waals surface area contributed by atoms with Gasteiger partial charge in [0.1, 0.15) is 5.75 Å². The molecule has 21 heavy (non-hydrogen) atoms. The highest BCUT2D eigenvalue weighted by atomic mass is 32.2. The van der Waals surface area contributed by atoms with Crippen molar-refractivity contribution in [2.45, 2.75) is 4.90 Å². The van der Waals surface area contributed by atoms with Crippen molar-refractivity contribution in [3.63, 3.8) is 0 Å². The molecule has 9 heteroatoms. The molecule has 0 fully saturated rings. The van der Waals surface area contributed by atoms with Crippen LogP contribution in [-0.2, 0) is 10.0 Å². The number of nitrogens with two attached hydrogens (primary N) is 1. The lowest BCUT2D eigenvalue weighted by Crippen LogP contribution is -2.13. The lowest BCUT2D eigenvalue weighted by atomic mass is 10.3. The number of non-ortho nitro benzene ring substituents is 1. The molecular formula is C12H11N3O5S. The molecule has 0 unspecified atom stereocenters. The molecule has 0 aliphatic heterocycles. The molecule has 0 saturated heterocycles. The maximum Gasteiger partial charge on any atom is 0.269 e. The number of hydrogen-bond donors (Lipinski definition) is 3.